The van der Waals surface area contributed by atoms with Gasteiger partial charge in [0.05, 0.1) is 15.2 Å². The number of anilines is 2. The van der Waals surface area contributed by atoms with Gasteiger partial charge in [-0.15, -0.1) is 0 Å². The van der Waals surface area contributed by atoms with E-state index in [1.807, 2.05) is 49.4 Å². The predicted octanol–water partition coefficient (Wildman–Crippen LogP) is 4.77. The van der Waals surface area contributed by atoms with Crippen LogP contribution in [0.1, 0.15) is 18.5 Å². The second kappa shape index (κ2) is 6.83. The monoisotopic (exact) mass is 367 g/mol. The molecule has 2 aromatic rings. The van der Waals surface area contributed by atoms with E-state index >= 15 is 0 Å². The van der Waals surface area contributed by atoms with Gasteiger partial charge in [-0.05, 0) is 52.7 Å². The van der Waals surface area contributed by atoms with Crippen LogP contribution in [0.15, 0.2) is 46.9 Å². The zero-order valence-electron chi connectivity index (χ0n) is 11.4. The number of benzene rings is 2. The Kier molecular flexibility index (Phi) is 5.09. The van der Waals surface area contributed by atoms with Crippen molar-refractivity contribution in [3.8, 4) is 0 Å². The number of amides is 2. The van der Waals surface area contributed by atoms with Crippen molar-refractivity contribution in [3.05, 3.63) is 57.5 Å². The van der Waals surface area contributed by atoms with Crippen molar-refractivity contribution in [3.63, 3.8) is 0 Å². The highest BCUT2D eigenvalue weighted by molar-refractivity contribution is 9.10. The Morgan fingerprint density at radius 1 is 1.24 bits per heavy atom. The molecule has 4 N–H and O–H groups in total. The van der Waals surface area contributed by atoms with Crippen LogP contribution in [0.2, 0.25) is 5.02 Å². The number of hydrogen-bond acceptors (Lipinski definition) is 2. The molecule has 1 unspecified atom stereocenters. The van der Waals surface area contributed by atoms with Crippen molar-refractivity contribution in [2.75, 3.05) is 10.6 Å². The average Bonchev–Trinajstić information content (AvgIpc) is 2.44. The molecule has 0 radical (unpaired) electrons. The third-order valence-corrected chi connectivity index (χ3v) is 4.40. The van der Waals surface area contributed by atoms with Gasteiger partial charge in [0.15, 0.2) is 0 Å². The van der Waals surface area contributed by atoms with Crippen LogP contribution in [-0.2, 0) is 0 Å². The molecule has 0 aliphatic rings. The van der Waals surface area contributed by atoms with Crippen molar-refractivity contribution in [1.29, 1.82) is 0 Å². The van der Waals surface area contributed by atoms with E-state index in [-0.39, 0.29) is 6.04 Å². The van der Waals surface area contributed by atoms with Gasteiger partial charge in [-0.25, -0.2) is 4.79 Å². The van der Waals surface area contributed by atoms with Gasteiger partial charge in [-0.3, -0.25) is 0 Å². The highest BCUT2D eigenvalue weighted by atomic mass is 79.9. The van der Waals surface area contributed by atoms with E-state index in [1.54, 1.807) is 0 Å². The number of primary amides is 1. The van der Waals surface area contributed by atoms with Crippen molar-refractivity contribution < 1.29 is 4.79 Å². The topological polar surface area (TPSA) is 67.2 Å². The lowest BCUT2D eigenvalue weighted by molar-refractivity contribution is 0.259. The zero-order chi connectivity index (χ0) is 15.4. The molecule has 2 rings (SSSR count). The minimum Gasteiger partial charge on any atom is -0.378 e. The molecule has 0 aromatic heterocycles. The lowest BCUT2D eigenvalue weighted by Gasteiger charge is -2.17. The minimum absolute atomic E-state index is 0.0856. The molecule has 0 aliphatic heterocycles. The van der Waals surface area contributed by atoms with Gasteiger partial charge < -0.3 is 16.4 Å². The van der Waals surface area contributed by atoms with E-state index < -0.39 is 6.03 Å². The molecule has 0 saturated carbocycles. The standard InChI is InChI=1S/C15H15BrClN3O/c1-9(19-13-4-2-3-12(17)14(13)16)10-5-7-11(8-6-10)20-15(18)21/h2-9,19H,1H3,(H3,18,20,21). The molecule has 2 amide bonds. The lowest BCUT2D eigenvalue weighted by Crippen LogP contribution is -2.19. The summed E-state index contributed by atoms with van der Waals surface area (Å²) in [6, 6.07) is 12.7. The summed E-state index contributed by atoms with van der Waals surface area (Å²) in [5.41, 5.74) is 7.75. The van der Waals surface area contributed by atoms with Gasteiger partial charge in [0.1, 0.15) is 0 Å². The maximum absolute atomic E-state index is 10.8. The Morgan fingerprint density at radius 2 is 1.90 bits per heavy atom. The quantitative estimate of drug-likeness (QED) is 0.728. The fraction of sp³-hybridized carbons (Fsp3) is 0.133. The number of carbonyl (C=O) groups excluding carboxylic acids is 1. The highest BCUT2D eigenvalue weighted by Gasteiger charge is 2.09. The Balaban J connectivity index is 2.11. The Bertz CT molecular complexity index is 646. The van der Waals surface area contributed by atoms with Crippen molar-refractivity contribution >= 4 is 44.9 Å². The van der Waals surface area contributed by atoms with Gasteiger partial charge in [-0.1, -0.05) is 29.8 Å². The summed E-state index contributed by atoms with van der Waals surface area (Å²) < 4.78 is 0.838. The molecule has 110 valence electrons. The van der Waals surface area contributed by atoms with Crippen LogP contribution < -0.4 is 16.4 Å². The molecule has 0 spiro atoms. The van der Waals surface area contributed by atoms with E-state index in [9.17, 15) is 4.79 Å². The largest absolute Gasteiger partial charge is 0.378 e. The summed E-state index contributed by atoms with van der Waals surface area (Å²) in [5.74, 6) is 0. The predicted molar refractivity (Wildman–Crippen MR) is 90.8 cm³/mol. The van der Waals surface area contributed by atoms with Crippen LogP contribution in [0.4, 0.5) is 16.2 Å². The molecule has 0 fully saturated rings. The minimum atomic E-state index is -0.572. The van der Waals surface area contributed by atoms with Crippen LogP contribution in [0.3, 0.4) is 0 Å². The van der Waals surface area contributed by atoms with Crippen LogP contribution in [0.5, 0.6) is 0 Å². The third kappa shape index (κ3) is 4.12. The first-order valence-electron chi connectivity index (χ1n) is 6.34. The molecular formula is C15H15BrClN3O. The number of nitrogens with one attached hydrogen (secondary N) is 2. The van der Waals surface area contributed by atoms with Gasteiger partial charge in [0.2, 0.25) is 0 Å². The number of rotatable bonds is 4. The summed E-state index contributed by atoms with van der Waals surface area (Å²) in [7, 11) is 0. The number of urea groups is 1. The van der Waals surface area contributed by atoms with Crippen molar-refractivity contribution in [1.82, 2.24) is 0 Å². The Labute approximate surface area is 136 Å². The molecule has 0 bridgehead atoms. The van der Waals surface area contributed by atoms with Crippen molar-refractivity contribution in [2.24, 2.45) is 5.73 Å². The maximum atomic E-state index is 10.8. The van der Waals surface area contributed by atoms with Crippen LogP contribution >= 0.6 is 27.5 Å². The summed E-state index contributed by atoms with van der Waals surface area (Å²) in [5, 5.41) is 6.58. The molecule has 1 atom stereocenters. The van der Waals surface area contributed by atoms with Gasteiger partial charge in [0.25, 0.3) is 0 Å². The van der Waals surface area contributed by atoms with E-state index in [0.717, 1.165) is 15.7 Å². The molecule has 0 heterocycles. The summed E-state index contributed by atoms with van der Waals surface area (Å²) in [6.45, 7) is 2.05. The van der Waals surface area contributed by atoms with Gasteiger partial charge >= 0.3 is 6.03 Å². The summed E-state index contributed by atoms with van der Waals surface area (Å²) >= 11 is 9.54. The second-order valence-corrected chi connectivity index (χ2v) is 5.78. The summed E-state index contributed by atoms with van der Waals surface area (Å²) in [4.78, 5) is 10.8. The Morgan fingerprint density at radius 3 is 2.52 bits per heavy atom. The average molecular weight is 369 g/mol. The van der Waals surface area contributed by atoms with E-state index in [4.69, 9.17) is 17.3 Å². The molecule has 21 heavy (non-hydrogen) atoms. The van der Waals surface area contributed by atoms with Gasteiger partial charge in [-0.2, -0.15) is 0 Å². The molecule has 6 heteroatoms. The molecular weight excluding hydrogens is 354 g/mol. The van der Waals surface area contributed by atoms with E-state index in [0.29, 0.717) is 10.7 Å². The number of halogens is 2. The second-order valence-electron chi connectivity index (χ2n) is 4.58. The molecule has 0 aliphatic carbocycles. The van der Waals surface area contributed by atoms with Crippen LogP contribution in [-0.4, -0.2) is 6.03 Å². The van der Waals surface area contributed by atoms with E-state index in [2.05, 4.69) is 26.6 Å². The molecule has 0 saturated heterocycles. The lowest BCUT2D eigenvalue weighted by atomic mass is 10.1. The number of nitrogens with two attached hydrogens (primary N) is 1. The Hall–Kier alpha value is -1.72. The first-order valence-corrected chi connectivity index (χ1v) is 7.51. The molecule has 2 aromatic carbocycles. The van der Waals surface area contributed by atoms with Crippen LogP contribution in [0.25, 0.3) is 0 Å². The highest BCUT2D eigenvalue weighted by Crippen LogP contribution is 2.32. The normalized spacial score (nSPS) is 11.8. The van der Waals surface area contributed by atoms with E-state index in [1.165, 1.54) is 0 Å². The van der Waals surface area contributed by atoms with Crippen molar-refractivity contribution in [2.45, 2.75) is 13.0 Å². The fourth-order valence-electron chi connectivity index (χ4n) is 1.93. The van der Waals surface area contributed by atoms with Crippen LogP contribution in [0, 0.1) is 0 Å². The number of carbonyl (C=O) groups is 1. The number of hydrogen-bond donors (Lipinski definition) is 3. The third-order valence-electron chi connectivity index (χ3n) is 3.00. The first kappa shape index (κ1) is 15.7. The SMILES string of the molecule is CC(Nc1cccc(Cl)c1Br)c1ccc(NC(N)=O)cc1. The zero-order valence-corrected chi connectivity index (χ0v) is 13.7. The smallest absolute Gasteiger partial charge is 0.316 e. The maximum Gasteiger partial charge on any atom is 0.316 e. The fourth-order valence-corrected chi connectivity index (χ4v) is 2.48. The van der Waals surface area contributed by atoms with Gasteiger partial charge in [0, 0.05) is 11.7 Å². The summed E-state index contributed by atoms with van der Waals surface area (Å²) in [6.07, 6.45) is 0. The molecule has 4 nitrogen and oxygen atoms in total. The first-order chi connectivity index (χ1) is 9.97.